The zero-order chi connectivity index (χ0) is 13.9. The van der Waals surface area contributed by atoms with Crippen molar-refractivity contribution in [1.82, 2.24) is 5.32 Å². The lowest BCUT2D eigenvalue weighted by molar-refractivity contribution is -0.120. The molecule has 0 bridgehead atoms. The summed E-state index contributed by atoms with van der Waals surface area (Å²) in [5, 5.41) is 11.9. The average molecular weight is 263 g/mol. The van der Waals surface area contributed by atoms with Gasteiger partial charge in [0.15, 0.2) is 0 Å². The molecule has 3 heteroatoms. The number of benzene rings is 1. The first-order chi connectivity index (χ1) is 9.26. The molecule has 0 aliphatic rings. The van der Waals surface area contributed by atoms with E-state index in [1.165, 1.54) is 25.7 Å². The van der Waals surface area contributed by atoms with Crippen molar-refractivity contribution in [1.29, 1.82) is 0 Å². The summed E-state index contributed by atoms with van der Waals surface area (Å²) in [6, 6.07) is 7.50. The Balaban J connectivity index is 2.16. The van der Waals surface area contributed by atoms with Crippen LogP contribution in [0.3, 0.4) is 0 Å². The molecule has 0 aliphatic carbocycles. The first-order valence-electron chi connectivity index (χ1n) is 7.21. The summed E-state index contributed by atoms with van der Waals surface area (Å²) in [4.78, 5) is 11.7. The van der Waals surface area contributed by atoms with Gasteiger partial charge in [0.25, 0.3) is 0 Å². The zero-order valence-corrected chi connectivity index (χ0v) is 11.8. The third-order valence-corrected chi connectivity index (χ3v) is 3.17. The smallest absolute Gasteiger partial charge is 0.224 e. The number of carbonyl (C=O) groups is 1. The Bertz CT molecular complexity index is 360. The predicted octanol–water partition coefficient (Wildman–Crippen LogP) is 2.81. The number of aliphatic hydroxyl groups excluding tert-OH is 1. The quantitative estimate of drug-likeness (QED) is 0.673. The standard InChI is InChI=1S/C16H25NO2/c1-2-3-4-5-6-11-17-16(19)12-14-7-9-15(13-18)10-8-14/h7-10,18H,2-6,11-13H2,1H3,(H,17,19). The second-order valence-corrected chi connectivity index (χ2v) is 4.92. The topological polar surface area (TPSA) is 49.3 Å². The molecule has 0 aromatic heterocycles. The fraction of sp³-hybridized carbons (Fsp3) is 0.562. The third-order valence-electron chi connectivity index (χ3n) is 3.17. The van der Waals surface area contributed by atoms with Gasteiger partial charge in [-0.05, 0) is 17.5 Å². The van der Waals surface area contributed by atoms with Crippen molar-refractivity contribution in [3.05, 3.63) is 35.4 Å². The molecule has 0 unspecified atom stereocenters. The number of hydrogen-bond donors (Lipinski definition) is 2. The van der Waals surface area contributed by atoms with Gasteiger partial charge in [-0.2, -0.15) is 0 Å². The van der Waals surface area contributed by atoms with Crippen molar-refractivity contribution in [2.45, 2.75) is 52.1 Å². The molecule has 3 nitrogen and oxygen atoms in total. The molecule has 0 atom stereocenters. The van der Waals surface area contributed by atoms with Crippen molar-refractivity contribution < 1.29 is 9.90 Å². The maximum Gasteiger partial charge on any atom is 0.224 e. The van der Waals surface area contributed by atoms with Crippen LogP contribution in [0.2, 0.25) is 0 Å². The molecule has 0 saturated heterocycles. The lowest BCUT2D eigenvalue weighted by Gasteiger charge is -2.06. The van der Waals surface area contributed by atoms with E-state index in [1.807, 2.05) is 24.3 Å². The molecule has 0 radical (unpaired) electrons. The molecular weight excluding hydrogens is 238 g/mol. The molecule has 106 valence electrons. The predicted molar refractivity (Wildman–Crippen MR) is 77.8 cm³/mol. The zero-order valence-electron chi connectivity index (χ0n) is 11.8. The SMILES string of the molecule is CCCCCCCNC(=O)Cc1ccc(CO)cc1. The van der Waals surface area contributed by atoms with E-state index in [4.69, 9.17) is 5.11 Å². The summed E-state index contributed by atoms with van der Waals surface area (Å²) in [5.74, 6) is 0.0761. The van der Waals surface area contributed by atoms with E-state index in [0.29, 0.717) is 6.42 Å². The van der Waals surface area contributed by atoms with E-state index < -0.39 is 0 Å². The Kier molecular flexibility index (Phi) is 7.91. The number of rotatable bonds is 9. The molecule has 1 rings (SSSR count). The normalized spacial score (nSPS) is 10.4. The molecule has 0 saturated carbocycles. The molecular formula is C16H25NO2. The minimum atomic E-state index is 0.0459. The summed E-state index contributed by atoms with van der Waals surface area (Å²) in [6.07, 6.45) is 6.46. The Morgan fingerprint density at radius 3 is 2.32 bits per heavy atom. The number of unbranched alkanes of at least 4 members (excludes halogenated alkanes) is 4. The number of amides is 1. The maximum absolute atomic E-state index is 11.7. The summed E-state index contributed by atoms with van der Waals surface area (Å²) in [6.45, 7) is 3.02. The van der Waals surface area contributed by atoms with Crippen LogP contribution >= 0.6 is 0 Å². The van der Waals surface area contributed by atoms with E-state index in [0.717, 1.165) is 24.1 Å². The molecule has 19 heavy (non-hydrogen) atoms. The van der Waals surface area contributed by atoms with Crippen LogP contribution in [-0.4, -0.2) is 17.6 Å². The van der Waals surface area contributed by atoms with Gasteiger partial charge in [-0.3, -0.25) is 4.79 Å². The second kappa shape index (κ2) is 9.56. The summed E-state index contributed by atoms with van der Waals surface area (Å²) in [5.41, 5.74) is 1.86. The van der Waals surface area contributed by atoms with Gasteiger partial charge in [-0.15, -0.1) is 0 Å². The number of nitrogens with one attached hydrogen (secondary N) is 1. The molecule has 1 amide bonds. The Morgan fingerprint density at radius 1 is 1.05 bits per heavy atom. The molecule has 1 aromatic rings. The van der Waals surface area contributed by atoms with Gasteiger partial charge in [0.05, 0.1) is 13.0 Å². The minimum Gasteiger partial charge on any atom is -0.392 e. The van der Waals surface area contributed by atoms with Gasteiger partial charge in [-0.25, -0.2) is 0 Å². The second-order valence-electron chi connectivity index (χ2n) is 4.92. The number of aliphatic hydroxyl groups is 1. The molecule has 0 heterocycles. The van der Waals surface area contributed by atoms with E-state index in [1.54, 1.807) is 0 Å². The van der Waals surface area contributed by atoms with Crippen LogP contribution in [0.4, 0.5) is 0 Å². The molecule has 0 aliphatic heterocycles. The summed E-state index contributed by atoms with van der Waals surface area (Å²) < 4.78 is 0. The third kappa shape index (κ3) is 6.97. The van der Waals surface area contributed by atoms with E-state index in [-0.39, 0.29) is 12.5 Å². The van der Waals surface area contributed by atoms with Crippen LogP contribution < -0.4 is 5.32 Å². The first kappa shape index (κ1) is 15.7. The summed E-state index contributed by atoms with van der Waals surface area (Å²) >= 11 is 0. The highest BCUT2D eigenvalue weighted by Crippen LogP contribution is 2.05. The van der Waals surface area contributed by atoms with E-state index in [9.17, 15) is 4.79 Å². The van der Waals surface area contributed by atoms with E-state index in [2.05, 4.69) is 12.2 Å². The lowest BCUT2D eigenvalue weighted by Crippen LogP contribution is -2.26. The number of hydrogen-bond acceptors (Lipinski definition) is 2. The summed E-state index contributed by atoms with van der Waals surface area (Å²) in [7, 11) is 0. The molecule has 0 spiro atoms. The highest BCUT2D eigenvalue weighted by molar-refractivity contribution is 5.78. The molecule has 0 fully saturated rings. The maximum atomic E-state index is 11.7. The number of carbonyl (C=O) groups excluding carboxylic acids is 1. The van der Waals surface area contributed by atoms with Gasteiger partial charge in [-0.1, -0.05) is 56.9 Å². The van der Waals surface area contributed by atoms with Gasteiger partial charge >= 0.3 is 0 Å². The van der Waals surface area contributed by atoms with Crippen LogP contribution in [-0.2, 0) is 17.8 Å². The highest BCUT2D eigenvalue weighted by atomic mass is 16.3. The van der Waals surface area contributed by atoms with Gasteiger partial charge in [0, 0.05) is 6.54 Å². The Morgan fingerprint density at radius 2 is 1.68 bits per heavy atom. The Hall–Kier alpha value is -1.35. The van der Waals surface area contributed by atoms with Crippen molar-refractivity contribution in [2.75, 3.05) is 6.54 Å². The first-order valence-corrected chi connectivity index (χ1v) is 7.21. The van der Waals surface area contributed by atoms with Crippen molar-refractivity contribution in [2.24, 2.45) is 0 Å². The van der Waals surface area contributed by atoms with Crippen LogP contribution in [0, 0.1) is 0 Å². The van der Waals surface area contributed by atoms with Gasteiger partial charge in [0.2, 0.25) is 5.91 Å². The highest BCUT2D eigenvalue weighted by Gasteiger charge is 2.02. The van der Waals surface area contributed by atoms with Crippen LogP contribution in [0.25, 0.3) is 0 Å². The minimum absolute atomic E-state index is 0.0459. The van der Waals surface area contributed by atoms with Crippen LogP contribution in [0.15, 0.2) is 24.3 Å². The molecule has 2 N–H and O–H groups in total. The largest absolute Gasteiger partial charge is 0.392 e. The molecule has 1 aromatic carbocycles. The van der Waals surface area contributed by atoms with Crippen LogP contribution in [0.5, 0.6) is 0 Å². The van der Waals surface area contributed by atoms with Gasteiger partial charge in [0.1, 0.15) is 0 Å². The fourth-order valence-corrected chi connectivity index (χ4v) is 1.97. The lowest BCUT2D eigenvalue weighted by atomic mass is 10.1. The van der Waals surface area contributed by atoms with Crippen molar-refractivity contribution in [3.8, 4) is 0 Å². The average Bonchev–Trinajstić information content (AvgIpc) is 2.43. The Labute approximate surface area is 116 Å². The van der Waals surface area contributed by atoms with Crippen LogP contribution in [0.1, 0.15) is 50.2 Å². The monoisotopic (exact) mass is 263 g/mol. The van der Waals surface area contributed by atoms with Crippen molar-refractivity contribution >= 4 is 5.91 Å². The van der Waals surface area contributed by atoms with Crippen molar-refractivity contribution in [3.63, 3.8) is 0 Å². The van der Waals surface area contributed by atoms with E-state index >= 15 is 0 Å². The fourth-order valence-electron chi connectivity index (χ4n) is 1.97. The van der Waals surface area contributed by atoms with Gasteiger partial charge < -0.3 is 10.4 Å².